The molecule has 2 amide bonds. The van der Waals surface area contributed by atoms with Crippen LogP contribution in [0.2, 0.25) is 0 Å². The van der Waals surface area contributed by atoms with E-state index in [0.717, 1.165) is 0 Å². The molecule has 0 aliphatic carbocycles. The summed E-state index contributed by atoms with van der Waals surface area (Å²) in [6.07, 6.45) is 0.159. The van der Waals surface area contributed by atoms with Crippen LogP contribution in [0.15, 0.2) is 0 Å². The molecule has 10 heavy (non-hydrogen) atoms. The molecule has 1 aliphatic rings. The summed E-state index contributed by atoms with van der Waals surface area (Å²) in [5.41, 5.74) is 2.39. The molecule has 1 unspecified atom stereocenters. The lowest BCUT2D eigenvalue weighted by Gasteiger charge is -2.03. The number of nitrogens with one attached hydrogen (secondary N) is 2. The molecule has 1 saturated heterocycles. The van der Waals surface area contributed by atoms with Crippen molar-refractivity contribution in [3.05, 3.63) is 0 Å². The summed E-state index contributed by atoms with van der Waals surface area (Å²) in [6, 6.07) is -0.516. The van der Waals surface area contributed by atoms with Gasteiger partial charge in [-0.05, 0) is 0 Å². The predicted molar refractivity (Wildman–Crippen MR) is 31.7 cm³/mol. The minimum absolute atomic E-state index is 0.159. The Morgan fingerprint density at radius 1 is 1.70 bits per heavy atom. The van der Waals surface area contributed by atoms with E-state index in [0.29, 0.717) is 0 Å². The highest BCUT2D eigenvalue weighted by Crippen LogP contribution is 1.99. The fourth-order valence-corrected chi connectivity index (χ4v) is 0.791. The minimum atomic E-state index is -0.516. The second kappa shape index (κ2) is 2.76. The molecule has 0 aromatic carbocycles. The predicted octanol–water partition coefficient (Wildman–Crippen LogP) is -1.45. The van der Waals surface area contributed by atoms with Crippen LogP contribution in [0.4, 0.5) is 0 Å². The molecular weight excluding hydrogens is 136 g/mol. The van der Waals surface area contributed by atoms with E-state index in [2.05, 4.69) is 15.6 Å². The van der Waals surface area contributed by atoms with Crippen molar-refractivity contribution >= 4 is 11.8 Å². The van der Waals surface area contributed by atoms with Crippen LogP contribution in [0.1, 0.15) is 6.42 Å². The van der Waals surface area contributed by atoms with Crippen molar-refractivity contribution in [2.75, 3.05) is 7.11 Å². The molecule has 1 aliphatic heterocycles. The highest BCUT2D eigenvalue weighted by Gasteiger charge is 2.29. The van der Waals surface area contributed by atoms with Crippen molar-refractivity contribution in [2.24, 2.45) is 0 Å². The van der Waals surface area contributed by atoms with Gasteiger partial charge in [0, 0.05) is 0 Å². The Morgan fingerprint density at radius 2 is 2.40 bits per heavy atom. The summed E-state index contributed by atoms with van der Waals surface area (Å²) >= 11 is 0. The first kappa shape index (κ1) is 7.17. The number of hydroxylamine groups is 1. The smallest absolute Gasteiger partial charge is 0.246 e. The van der Waals surface area contributed by atoms with Gasteiger partial charge >= 0.3 is 0 Å². The molecule has 1 rings (SSSR count). The van der Waals surface area contributed by atoms with E-state index < -0.39 is 6.04 Å². The molecular formula is C5H8N2O3. The summed E-state index contributed by atoms with van der Waals surface area (Å²) in [7, 11) is 1.40. The van der Waals surface area contributed by atoms with Crippen molar-refractivity contribution in [1.29, 1.82) is 0 Å². The van der Waals surface area contributed by atoms with Gasteiger partial charge in [0.15, 0.2) is 0 Å². The van der Waals surface area contributed by atoms with Gasteiger partial charge in [-0.3, -0.25) is 14.9 Å². The monoisotopic (exact) mass is 144 g/mol. The average Bonchev–Trinajstić information content (AvgIpc) is 2.13. The van der Waals surface area contributed by atoms with Gasteiger partial charge in [-0.15, -0.1) is 0 Å². The van der Waals surface area contributed by atoms with E-state index in [1.165, 1.54) is 7.11 Å². The maximum atomic E-state index is 10.7. The molecule has 0 saturated carbocycles. The minimum Gasteiger partial charge on any atom is -0.304 e. The molecule has 5 nitrogen and oxygen atoms in total. The molecule has 0 spiro atoms. The van der Waals surface area contributed by atoms with Crippen LogP contribution in [-0.2, 0) is 14.4 Å². The van der Waals surface area contributed by atoms with E-state index in [9.17, 15) is 9.59 Å². The van der Waals surface area contributed by atoms with Crippen molar-refractivity contribution in [1.82, 2.24) is 10.8 Å². The number of amides is 2. The Morgan fingerprint density at radius 3 is 2.80 bits per heavy atom. The second-order valence-electron chi connectivity index (χ2n) is 1.99. The van der Waals surface area contributed by atoms with Crippen LogP contribution < -0.4 is 10.8 Å². The van der Waals surface area contributed by atoms with Gasteiger partial charge in [-0.25, -0.2) is 0 Å². The zero-order chi connectivity index (χ0) is 7.56. The van der Waals surface area contributed by atoms with E-state index >= 15 is 0 Å². The first-order chi connectivity index (χ1) is 4.74. The van der Waals surface area contributed by atoms with Crippen molar-refractivity contribution in [3.8, 4) is 0 Å². The van der Waals surface area contributed by atoms with Gasteiger partial charge < -0.3 is 4.84 Å². The number of imide groups is 1. The zero-order valence-corrected chi connectivity index (χ0v) is 5.51. The molecule has 56 valence electrons. The third-order valence-electron chi connectivity index (χ3n) is 1.23. The largest absolute Gasteiger partial charge is 0.304 e. The fourth-order valence-electron chi connectivity index (χ4n) is 0.791. The third kappa shape index (κ3) is 1.31. The van der Waals surface area contributed by atoms with Gasteiger partial charge in [-0.1, -0.05) is 0 Å². The van der Waals surface area contributed by atoms with Crippen molar-refractivity contribution < 1.29 is 14.4 Å². The second-order valence-corrected chi connectivity index (χ2v) is 1.99. The molecule has 1 atom stereocenters. The highest BCUT2D eigenvalue weighted by molar-refractivity contribution is 6.05. The van der Waals surface area contributed by atoms with Crippen LogP contribution >= 0.6 is 0 Å². The fraction of sp³-hybridized carbons (Fsp3) is 0.600. The first-order valence-electron chi connectivity index (χ1n) is 2.86. The molecule has 0 aromatic heterocycles. The molecule has 0 aromatic rings. The lowest BCUT2D eigenvalue weighted by atomic mass is 10.3. The maximum Gasteiger partial charge on any atom is 0.246 e. The van der Waals surface area contributed by atoms with Crippen LogP contribution in [0.3, 0.4) is 0 Å². The number of hydrogen-bond acceptors (Lipinski definition) is 4. The Balaban J connectivity index is 2.46. The van der Waals surface area contributed by atoms with Gasteiger partial charge in [-0.2, -0.15) is 5.48 Å². The maximum absolute atomic E-state index is 10.7. The number of carbonyl (C=O) groups excluding carboxylic acids is 2. The summed E-state index contributed by atoms with van der Waals surface area (Å²) in [5, 5.41) is 2.13. The van der Waals surface area contributed by atoms with Gasteiger partial charge in [0.1, 0.15) is 6.04 Å². The van der Waals surface area contributed by atoms with Crippen LogP contribution in [0.25, 0.3) is 0 Å². The summed E-state index contributed by atoms with van der Waals surface area (Å²) < 4.78 is 0. The number of rotatable bonds is 2. The summed E-state index contributed by atoms with van der Waals surface area (Å²) in [4.78, 5) is 25.7. The van der Waals surface area contributed by atoms with Crippen molar-refractivity contribution in [3.63, 3.8) is 0 Å². The Bertz CT molecular complexity index is 168. The molecule has 5 heteroatoms. The third-order valence-corrected chi connectivity index (χ3v) is 1.23. The lowest BCUT2D eigenvalue weighted by molar-refractivity contribution is -0.126. The van der Waals surface area contributed by atoms with Crippen molar-refractivity contribution in [2.45, 2.75) is 12.5 Å². The molecule has 1 heterocycles. The van der Waals surface area contributed by atoms with Gasteiger partial charge in [0.05, 0.1) is 13.5 Å². The van der Waals surface area contributed by atoms with Gasteiger partial charge in [0.25, 0.3) is 0 Å². The Labute approximate surface area is 57.7 Å². The highest BCUT2D eigenvalue weighted by atomic mass is 16.6. The topological polar surface area (TPSA) is 67.4 Å². The first-order valence-corrected chi connectivity index (χ1v) is 2.86. The summed E-state index contributed by atoms with van der Waals surface area (Å²) in [5.74, 6) is -0.591. The van der Waals surface area contributed by atoms with E-state index in [1.807, 2.05) is 0 Å². The summed E-state index contributed by atoms with van der Waals surface area (Å²) in [6.45, 7) is 0. The molecule has 0 radical (unpaired) electrons. The molecule has 0 bridgehead atoms. The molecule has 1 fully saturated rings. The van der Waals surface area contributed by atoms with Gasteiger partial charge in [0.2, 0.25) is 11.8 Å². The SMILES string of the molecule is CONC1CC(=O)NC1=O. The Kier molecular flexibility index (Phi) is 1.98. The standard InChI is InChI=1S/C5H8N2O3/c1-10-7-3-2-4(8)6-5(3)9/h3,7H,2H2,1H3,(H,6,8,9). The average molecular weight is 144 g/mol. The van der Waals surface area contributed by atoms with E-state index in [1.54, 1.807) is 0 Å². The Hall–Kier alpha value is -0.940. The lowest BCUT2D eigenvalue weighted by Crippen LogP contribution is -2.35. The number of hydrogen-bond donors (Lipinski definition) is 2. The van der Waals surface area contributed by atoms with Crippen LogP contribution in [-0.4, -0.2) is 25.0 Å². The molecule has 2 N–H and O–H groups in total. The number of carbonyl (C=O) groups is 2. The zero-order valence-electron chi connectivity index (χ0n) is 5.51. The normalized spacial score (nSPS) is 25.1. The van der Waals surface area contributed by atoms with E-state index in [4.69, 9.17) is 0 Å². The van der Waals surface area contributed by atoms with E-state index in [-0.39, 0.29) is 18.2 Å². The van der Waals surface area contributed by atoms with Crippen LogP contribution in [0.5, 0.6) is 0 Å². The van der Waals surface area contributed by atoms with Crippen LogP contribution in [0, 0.1) is 0 Å². The quantitative estimate of drug-likeness (QED) is 0.367.